The Kier molecular flexibility index (Phi) is 6.18. The van der Waals surface area contributed by atoms with Crippen molar-refractivity contribution in [3.63, 3.8) is 0 Å². The Labute approximate surface area is 194 Å². The van der Waals surface area contributed by atoms with Crippen molar-refractivity contribution in [2.75, 3.05) is 10.0 Å². The molecule has 33 heavy (non-hydrogen) atoms. The van der Waals surface area contributed by atoms with Gasteiger partial charge in [-0.1, -0.05) is 22.7 Å². The summed E-state index contributed by atoms with van der Waals surface area (Å²) in [7, 11) is -3.94. The van der Waals surface area contributed by atoms with Gasteiger partial charge in [-0.3, -0.25) is 19.6 Å². The van der Waals surface area contributed by atoms with Gasteiger partial charge in [0.15, 0.2) is 5.13 Å². The Morgan fingerprint density at radius 3 is 2.55 bits per heavy atom. The van der Waals surface area contributed by atoms with E-state index in [1.807, 2.05) is 0 Å². The van der Waals surface area contributed by atoms with E-state index in [4.69, 9.17) is 0 Å². The Morgan fingerprint density at radius 2 is 1.85 bits per heavy atom. The van der Waals surface area contributed by atoms with Gasteiger partial charge in [-0.25, -0.2) is 17.8 Å². The summed E-state index contributed by atoms with van der Waals surface area (Å²) in [6.45, 7) is 0. The Hall–Kier alpha value is -3.68. The molecule has 0 saturated heterocycles. The molecule has 0 bridgehead atoms. The number of thiazole rings is 1. The van der Waals surface area contributed by atoms with Crippen molar-refractivity contribution in [2.45, 2.75) is 4.90 Å². The molecule has 13 heteroatoms. The van der Waals surface area contributed by atoms with Gasteiger partial charge in [0.2, 0.25) is 5.91 Å². The normalized spacial score (nSPS) is 11.7. The van der Waals surface area contributed by atoms with Crippen molar-refractivity contribution in [3.8, 4) is 0 Å². The summed E-state index contributed by atoms with van der Waals surface area (Å²) in [4.78, 5) is 26.8. The largest absolute Gasteiger partial charge is 0.324 e. The molecular weight excluding hydrogens is 491 g/mol. The quantitative estimate of drug-likeness (QED) is 0.210. The minimum absolute atomic E-state index is 0.0292. The van der Waals surface area contributed by atoms with Gasteiger partial charge in [-0.2, -0.15) is 0 Å². The lowest BCUT2D eigenvalue weighted by molar-refractivity contribution is -0.380. The number of carbonyl (C=O) groups is 1. The number of nitro groups is 1. The molecule has 4 aromatic rings. The average Bonchev–Trinajstić information content (AvgIpc) is 3.38. The Morgan fingerprint density at radius 1 is 1.09 bits per heavy atom. The molecule has 1 amide bonds. The lowest BCUT2D eigenvalue weighted by atomic mass is 10.3. The molecule has 0 radical (unpaired) electrons. The number of nitrogens with one attached hydrogen (secondary N) is 2. The van der Waals surface area contributed by atoms with E-state index < -0.39 is 26.7 Å². The van der Waals surface area contributed by atoms with Crippen molar-refractivity contribution in [1.82, 2.24) is 4.98 Å². The van der Waals surface area contributed by atoms with Gasteiger partial charge in [-0.15, -0.1) is 0 Å². The fourth-order valence-electron chi connectivity index (χ4n) is 2.71. The second kappa shape index (κ2) is 9.05. The Balaban J connectivity index is 1.41. The third kappa shape index (κ3) is 5.39. The second-order valence-corrected chi connectivity index (χ2v) is 10.3. The summed E-state index contributed by atoms with van der Waals surface area (Å²) in [5.41, 5.74) is 0.706. The number of sulfonamides is 1. The highest BCUT2D eigenvalue weighted by Gasteiger charge is 2.17. The molecule has 0 aliphatic carbocycles. The van der Waals surface area contributed by atoms with Crippen LogP contribution in [0.3, 0.4) is 0 Å². The van der Waals surface area contributed by atoms with E-state index in [9.17, 15) is 27.7 Å². The fourth-order valence-corrected chi connectivity index (χ4v) is 5.51. The van der Waals surface area contributed by atoms with Crippen molar-refractivity contribution in [1.29, 1.82) is 0 Å². The third-order valence-electron chi connectivity index (χ3n) is 4.19. The van der Waals surface area contributed by atoms with Crippen LogP contribution in [0.1, 0.15) is 4.88 Å². The SMILES string of the molecule is O=C(/C=C/c1ccc([N+](=O)[O-])s1)Nc1ccc(S(=O)(=O)Nc2nc3cc(F)ccc3s2)cc1. The van der Waals surface area contributed by atoms with Gasteiger partial charge >= 0.3 is 5.00 Å². The zero-order valence-electron chi connectivity index (χ0n) is 16.4. The lowest BCUT2D eigenvalue weighted by Gasteiger charge is -2.07. The molecule has 168 valence electrons. The number of nitrogens with zero attached hydrogens (tertiary/aromatic N) is 2. The van der Waals surface area contributed by atoms with Crippen LogP contribution < -0.4 is 10.0 Å². The first-order valence-corrected chi connectivity index (χ1v) is 12.2. The number of rotatable bonds is 7. The standard InChI is InChI=1S/C20H13FN4O5S3/c21-12-1-8-17-16(11-12)23-20(32-17)24-33(29,30)15-6-2-13(3-7-15)22-18(26)9-4-14-5-10-19(31-14)25(27)28/h1-11H,(H,22,26)(H,23,24)/b9-4+. The third-order valence-corrected chi connectivity index (χ3v) is 7.63. The molecule has 0 aliphatic rings. The molecule has 4 rings (SSSR count). The number of carbonyl (C=O) groups excluding carboxylic acids is 1. The highest BCUT2D eigenvalue weighted by atomic mass is 32.2. The smallest absolute Gasteiger partial charge is 0.323 e. The van der Waals surface area contributed by atoms with E-state index in [-0.39, 0.29) is 15.0 Å². The zero-order chi connectivity index (χ0) is 23.6. The van der Waals surface area contributed by atoms with E-state index in [0.717, 1.165) is 22.7 Å². The number of aromatic nitrogens is 1. The van der Waals surface area contributed by atoms with Crippen LogP contribution in [0, 0.1) is 15.9 Å². The number of fused-ring (bicyclic) bond motifs is 1. The highest BCUT2D eigenvalue weighted by Crippen LogP contribution is 2.28. The summed E-state index contributed by atoms with van der Waals surface area (Å²) in [6, 6.07) is 12.4. The maximum Gasteiger partial charge on any atom is 0.324 e. The first-order valence-electron chi connectivity index (χ1n) is 9.12. The van der Waals surface area contributed by atoms with Gasteiger partial charge in [0.05, 0.1) is 20.0 Å². The molecule has 0 fully saturated rings. The first kappa shape index (κ1) is 22.5. The molecule has 0 unspecified atom stereocenters. The van der Waals surface area contributed by atoms with Crippen LogP contribution in [0.2, 0.25) is 0 Å². The lowest BCUT2D eigenvalue weighted by Crippen LogP contribution is -2.13. The summed E-state index contributed by atoms with van der Waals surface area (Å²) in [6.07, 6.45) is 2.66. The maximum atomic E-state index is 13.3. The number of amides is 1. The van der Waals surface area contributed by atoms with Crippen molar-refractivity contribution < 1.29 is 22.5 Å². The fraction of sp³-hybridized carbons (Fsp3) is 0. The minimum Gasteiger partial charge on any atom is -0.323 e. The van der Waals surface area contributed by atoms with E-state index in [2.05, 4.69) is 15.0 Å². The van der Waals surface area contributed by atoms with Crippen LogP contribution in [0.25, 0.3) is 16.3 Å². The van der Waals surface area contributed by atoms with Gasteiger partial charge in [-0.05, 0) is 48.5 Å². The molecule has 9 nitrogen and oxygen atoms in total. The van der Waals surface area contributed by atoms with Gasteiger partial charge in [0, 0.05) is 28.8 Å². The van der Waals surface area contributed by atoms with E-state index >= 15 is 0 Å². The van der Waals surface area contributed by atoms with Gasteiger partial charge < -0.3 is 5.32 Å². The topological polar surface area (TPSA) is 131 Å². The molecule has 0 spiro atoms. The summed E-state index contributed by atoms with van der Waals surface area (Å²) >= 11 is 2.01. The van der Waals surface area contributed by atoms with E-state index in [0.29, 0.717) is 20.8 Å². The zero-order valence-corrected chi connectivity index (χ0v) is 18.8. The number of halogens is 1. The van der Waals surface area contributed by atoms with E-state index in [1.165, 1.54) is 66.7 Å². The molecule has 0 saturated carbocycles. The van der Waals surface area contributed by atoms with E-state index in [1.54, 1.807) is 0 Å². The number of thiophene rings is 1. The summed E-state index contributed by atoms with van der Waals surface area (Å²) in [5, 5.41) is 13.3. The number of anilines is 2. The molecule has 2 aromatic carbocycles. The minimum atomic E-state index is -3.94. The molecule has 2 N–H and O–H groups in total. The molecule has 0 atom stereocenters. The maximum absolute atomic E-state index is 13.3. The van der Waals surface area contributed by atoms with Crippen LogP contribution in [-0.2, 0) is 14.8 Å². The summed E-state index contributed by atoms with van der Waals surface area (Å²) < 4.78 is 41.6. The second-order valence-electron chi connectivity index (χ2n) is 6.52. The number of hydrogen-bond acceptors (Lipinski definition) is 8. The molecular formula is C20H13FN4O5S3. The molecule has 0 aliphatic heterocycles. The molecule has 2 heterocycles. The predicted octanol–water partition coefficient (Wildman–Crippen LogP) is 4.86. The van der Waals surface area contributed by atoms with Crippen LogP contribution in [-0.4, -0.2) is 24.2 Å². The molecule has 2 aromatic heterocycles. The van der Waals surface area contributed by atoms with Crippen molar-refractivity contribution in [2.24, 2.45) is 0 Å². The monoisotopic (exact) mass is 504 g/mol. The summed E-state index contributed by atoms with van der Waals surface area (Å²) in [5.74, 6) is -0.951. The van der Waals surface area contributed by atoms with Crippen LogP contribution in [0.4, 0.5) is 20.2 Å². The predicted molar refractivity (Wildman–Crippen MR) is 125 cm³/mol. The van der Waals surface area contributed by atoms with Crippen LogP contribution in [0.15, 0.2) is 65.6 Å². The number of hydrogen-bond donors (Lipinski definition) is 2. The average molecular weight is 505 g/mol. The Bertz CT molecular complexity index is 1490. The van der Waals surface area contributed by atoms with Crippen molar-refractivity contribution in [3.05, 3.63) is 81.5 Å². The van der Waals surface area contributed by atoms with Crippen LogP contribution in [0.5, 0.6) is 0 Å². The van der Waals surface area contributed by atoms with Gasteiger partial charge in [0.25, 0.3) is 10.0 Å². The van der Waals surface area contributed by atoms with Crippen LogP contribution >= 0.6 is 22.7 Å². The van der Waals surface area contributed by atoms with Crippen molar-refractivity contribution >= 4 is 70.7 Å². The number of benzene rings is 2. The van der Waals surface area contributed by atoms with Gasteiger partial charge in [0.1, 0.15) is 5.82 Å². The first-order chi connectivity index (χ1) is 15.7. The highest BCUT2D eigenvalue weighted by molar-refractivity contribution is 7.93.